The lowest BCUT2D eigenvalue weighted by Crippen LogP contribution is -2.30. The Kier molecular flexibility index (Phi) is 92.3. The maximum atomic E-state index is 13.0. The van der Waals surface area contributed by atoms with E-state index in [4.69, 9.17) is 32.3 Å². The zero-order chi connectivity index (χ0) is 87.9. The summed E-state index contributed by atoms with van der Waals surface area (Å²) in [6.45, 7) is 2.70. The van der Waals surface area contributed by atoms with Crippen LogP contribution >= 0.6 is 15.6 Å². The Morgan fingerprint density at radius 1 is 0.231 bits per heavy atom. The van der Waals surface area contributed by atoms with Gasteiger partial charge in [-0.25, -0.2) is 9.13 Å². The molecule has 0 aromatic heterocycles. The highest BCUT2D eigenvalue weighted by Gasteiger charge is 2.30. The summed E-state index contributed by atoms with van der Waals surface area (Å²) >= 11 is 0. The van der Waals surface area contributed by atoms with E-state index in [-0.39, 0.29) is 19.3 Å². The van der Waals surface area contributed by atoms with Gasteiger partial charge in [-0.15, -0.1) is 0 Å². The Morgan fingerprint density at radius 2 is 0.413 bits per heavy atom. The Hall–Kier alpha value is -3.79. The van der Waals surface area contributed by atoms with Crippen LogP contribution in [0.4, 0.5) is 0 Å². The molecule has 0 heterocycles. The van der Waals surface area contributed by atoms with E-state index in [1.54, 1.807) is 0 Å². The second-order valence-electron chi connectivity index (χ2n) is 33.9. The molecular formula is C103H186O16P2. The summed E-state index contributed by atoms with van der Waals surface area (Å²) in [5, 5.41) is 20.7. The highest BCUT2D eigenvalue weighted by Crippen LogP contribution is 2.45. The van der Waals surface area contributed by atoms with Crippen molar-refractivity contribution in [2.45, 2.75) is 489 Å². The van der Waals surface area contributed by atoms with Crippen molar-refractivity contribution < 1.29 is 75.8 Å². The molecule has 704 valence electrons. The number of aliphatic hydroxyl groups is 2. The molecule has 4 N–H and O–H groups in total. The van der Waals surface area contributed by atoms with Crippen LogP contribution in [0.3, 0.4) is 0 Å². The predicted molar refractivity (Wildman–Crippen MR) is 510 cm³/mol. The van der Waals surface area contributed by atoms with E-state index in [9.17, 15) is 43.5 Å². The maximum absolute atomic E-state index is 13.0. The minimum Gasteiger partial charge on any atom is -0.463 e. The first kappa shape index (κ1) is 117. The van der Waals surface area contributed by atoms with Crippen LogP contribution in [-0.2, 0) is 55.8 Å². The number of aliphatic hydroxyl groups excluding tert-OH is 2. The minimum absolute atomic E-state index is 0.0982. The van der Waals surface area contributed by atoms with Crippen molar-refractivity contribution in [1.29, 1.82) is 0 Å². The molecule has 0 aromatic carbocycles. The summed E-state index contributed by atoms with van der Waals surface area (Å²) in [6, 6.07) is 0. The van der Waals surface area contributed by atoms with Crippen LogP contribution in [0.2, 0.25) is 0 Å². The molecule has 0 amide bonds. The Balaban J connectivity index is 4.37. The molecule has 0 aromatic rings. The Morgan fingerprint density at radius 3 is 0.678 bits per heavy atom. The molecule has 0 radical (unpaired) electrons. The predicted octanol–water partition coefficient (Wildman–Crippen LogP) is 31.3. The number of unbranched alkanes of at least 4 members (excludes halogenated alkanes) is 55. The molecule has 121 heavy (non-hydrogen) atoms. The van der Waals surface area contributed by atoms with Gasteiger partial charge in [0.05, 0.1) is 26.4 Å². The third-order valence-electron chi connectivity index (χ3n) is 21.9. The SMILES string of the molecule is CCCCC/C=C\C/C=C\C/C=C\C/C=C\CCCCCCCCCCCCCCCCCCCCCC(=O)OCC(O)COP(=O)(O)OCC(O)COP(=O)(O)OCC(COC(=O)CCCCCCCCCCCCCCCCCCCCC/C=C\C/C=C\C/C=C\C/C=C\CCCCC)OC(=O)CCCCCCC/C=C\CCCCCCCC. The molecule has 0 saturated carbocycles. The summed E-state index contributed by atoms with van der Waals surface area (Å²) in [5.41, 5.74) is 0. The lowest BCUT2D eigenvalue weighted by atomic mass is 10.0. The van der Waals surface area contributed by atoms with E-state index < -0.39 is 91.5 Å². The highest BCUT2D eigenvalue weighted by atomic mass is 31.2. The van der Waals surface area contributed by atoms with Crippen molar-refractivity contribution in [2.24, 2.45) is 0 Å². The van der Waals surface area contributed by atoms with Crippen molar-refractivity contribution in [3.8, 4) is 0 Å². The van der Waals surface area contributed by atoms with Gasteiger partial charge in [-0.3, -0.25) is 32.5 Å². The number of carbonyl (C=O) groups excluding carboxylic acids is 3. The van der Waals surface area contributed by atoms with Gasteiger partial charge < -0.3 is 34.2 Å². The quantitative estimate of drug-likeness (QED) is 0.0146. The van der Waals surface area contributed by atoms with E-state index in [0.717, 1.165) is 116 Å². The van der Waals surface area contributed by atoms with Crippen LogP contribution in [0.5, 0.6) is 0 Å². The number of phosphoric ester groups is 2. The van der Waals surface area contributed by atoms with Crippen LogP contribution in [0.1, 0.15) is 470 Å². The second kappa shape index (κ2) is 95.3. The fraction of sp³-hybridized carbons (Fsp3) is 0.796. The van der Waals surface area contributed by atoms with E-state index >= 15 is 0 Å². The number of allylic oxidation sites excluding steroid dienone is 18. The molecule has 5 atom stereocenters. The highest BCUT2D eigenvalue weighted by molar-refractivity contribution is 7.47. The first-order valence-electron chi connectivity index (χ1n) is 50.2. The van der Waals surface area contributed by atoms with E-state index in [1.165, 1.54) is 295 Å². The number of hydrogen-bond acceptors (Lipinski definition) is 14. The molecule has 0 aliphatic carbocycles. The van der Waals surface area contributed by atoms with Gasteiger partial charge in [-0.2, -0.15) is 0 Å². The van der Waals surface area contributed by atoms with Crippen molar-refractivity contribution in [3.63, 3.8) is 0 Å². The first-order chi connectivity index (χ1) is 59.2. The van der Waals surface area contributed by atoms with E-state index in [2.05, 4.69) is 130 Å². The lowest BCUT2D eigenvalue weighted by molar-refractivity contribution is -0.161. The molecule has 0 fully saturated rings. The summed E-state index contributed by atoms with van der Waals surface area (Å²) in [6.07, 6.45) is 117. The number of rotatable bonds is 96. The van der Waals surface area contributed by atoms with Crippen molar-refractivity contribution >= 4 is 33.6 Å². The molecule has 18 heteroatoms. The average Bonchev–Trinajstić information content (AvgIpc) is 0.890. The number of carbonyl (C=O) groups is 3. The molecule has 5 unspecified atom stereocenters. The zero-order valence-corrected chi connectivity index (χ0v) is 79.7. The topological polar surface area (TPSA) is 231 Å². The summed E-state index contributed by atoms with van der Waals surface area (Å²) in [4.78, 5) is 59.0. The van der Waals surface area contributed by atoms with Gasteiger partial charge >= 0.3 is 33.6 Å². The van der Waals surface area contributed by atoms with Gasteiger partial charge in [0.15, 0.2) is 6.10 Å². The van der Waals surface area contributed by atoms with Gasteiger partial charge in [0, 0.05) is 19.3 Å². The van der Waals surface area contributed by atoms with E-state index in [1.807, 2.05) is 0 Å². The molecule has 0 spiro atoms. The Bertz CT molecular complexity index is 2630. The average molecular weight is 1740 g/mol. The van der Waals surface area contributed by atoms with Gasteiger partial charge in [0.2, 0.25) is 0 Å². The molecule has 0 bridgehead atoms. The van der Waals surface area contributed by atoms with Gasteiger partial charge in [-0.05, 0) is 135 Å². The molecule has 0 saturated heterocycles. The normalized spacial score (nSPS) is 14.1. The van der Waals surface area contributed by atoms with Crippen molar-refractivity contribution in [3.05, 3.63) is 109 Å². The molecule has 0 aliphatic rings. The third-order valence-corrected chi connectivity index (χ3v) is 23.8. The minimum atomic E-state index is -4.94. The molecule has 0 rings (SSSR count). The van der Waals surface area contributed by atoms with Crippen LogP contribution in [0.25, 0.3) is 0 Å². The smallest absolute Gasteiger partial charge is 0.463 e. The van der Waals surface area contributed by atoms with Crippen LogP contribution < -0.4 is 0 Å². The summed E-state index contributed by atoms with van der Waals surface area (Å²) in [5.74, 6) is -1.56. The van der Waals surface area contributed by atoms with Gasteiger partial charge in [0.1, 0.15) is 25.4 Å². The number of ether oxygens (including phenoxy) is 3. The van der Waals surface area contributed by atoms with Crippen LogP contribution in [-0.4, -0.2) is 95.9 Å². The number of phosphoric acid groups is 2. The zero-order valence-electron chi connectivity index (χ0n) is 77.9. The lowest BCUT2D eigenvalue weighted by Gasteiger charge is -2.21. The van der Waals surface area contributed by atoms with Gasteiger partial charge in [-0.1, -0.05) is 425 Å². The first-order valence-corrected chi connectivity index (χ1v) is 53.2. The van der Waals surface area contributed by atoms with Crippen LogP contribution in [0, 0.1) is 0 Å². The number of hydrogen-bond donors (Lipinski definition) is 4. The second-order valence-corrected chi connectivity index (χ2v) is 36.8. The fourth-order valence-corrected chi connectivity index (χ4v) is 15.9. The maximum Gasteiger partial charge on any atom is 0.472 e. The summed E-state index contributed by atoms with van der Waals surface area (Å²) < 4.78 is 61.5. The van der Waals surface area contributed by atoms with Gasteiger partial charge in [0.25, 0.3) is 0 Å². The standard InChI is InChI=1S/C103H186O16P2/c1-4-7-10-13-16-19-22-25-28-30-32-34-36-38-40-42-44-46-48-50-52-54-56-58-60-62-64-66-69-71-74-77-80-83-86-89-101(106)113-92-98(104)93-115-120(109,110)116-94-99(105)95-117-121(111,112)118-97-100(119-103(108)91-88-85-82-79-76-73-68-27-24-21-18-15-12-9-6-3)96-114-102(107)90-87-84-81-78-75-72-70-67-65-63-61-59-57-55-53-51-49-47-45-43-41-39-37-35-33-31-29-26-23-20-17-14-11-8-5-2/h16-17,19-20,25-29,32-35,38-41,68,98-100,104-105H,4-15,18,21-24,30-31,36-37,42-67,69-97H2,1-3H3,(H,109,110)(H,111,112)/b19-16-,20-17-,28-25-,29-26-,34-32-,35-33-,40-38-,41-39-,68-27-. The number of esters is 3. The van der Waals surface area contributed by atoms with E-state index in [0.29, 0.717) is 19.3 Å². The molecule has 16 nitrogen and oxygen atoms in total. The summed E-state index contributed by atoms with van der Waals surface area (Å²) in [7, 11) is -9.80. The van der Waals surface area contributed by atoms with Crippen LogP contribution in [0.15, 0.2) is 109 Å². The molecular weight excluding hydrogens is 1560 g/mol. The monoisotopic (exact) mass is 1740 g/mol. The fourth-order valence-electron chi connectivity index (χ4n) is 14.3. The van der Waals surface area contributed by atoms with Crippen molar-refractivity contribution in [2.75, 3.05) is 39.6 Å². The largest absolute Gasteiger partial charge is 0.472 e. The molecule has 0 aliphatic heterocycles. The van der Waals surface area contributed by atoms with Crippen molar-refractivity contribution in [1.82, 2.24) is 0 Å². The Labute approximate surface area is 742 Å². The third kappa shape index (κ3) is 96.7.